The van der Waals surface area contributed by atoms with Crippen molar-refractivity contribution in [1.29, 1.82) is 0 Å². The number of fused-ring (bicyclic) bond motifs is 8. The van der Waals surface area contributed by atoms with Gasteiger partial charge in [-0.1, -0.05) is 146 Å². The minimum Gasteiger partial charge on any atom is -0.383 e. The van der Waals surface area contributed by atoms with E-state index in [9.17, 15) is 19.2 Å². The fourth-order valence-corrected chi connectivity index (χ4v) is 13.1. The first-order valence-corrected chi connectivity index (χ1v) is 37.3. The van der Waals surface area contributed by atoms with Crippen molar-refractivity contribution >= 4 is 183 Å². The van der Waals surface area contributed by atoms with Crippen LogP contribution in [0.15, 0.2) is 262 Å². The maximum absolute atomic E-state index is 12.0. The number of aryl methyl sites for hydroxylation is 4. The normalized spacial score (nSPS) is 10.6. The summed E-state index contributed by atoms with van der Waals surface area (Å²) < 4.78 is 12.4. The van der Waals surface area contributed by atoms with Gasteiger partial charge in [-0.15, -0.1) is 0 Å². The molecule has 30 nitrogen and oxygen atoms in total. The van der Waals surface area contributed by atoms with E-state index in [0.29, 0.717) is 84.8 Å². The van der Waals surface area contributed by atoms with E-state index in [-0.39, 0.29) is 28.7 Å². The molecule has 0 aliphatic carbocycles. The molecular formula is C82H78N26O4S4. The van der Waals surface area contributed by atoms with Crippen molar-refractivity contribution in [2.24, 2.45) is 14.1 Å². The second kappa shape index (κ2) is 38.0. The Morgan fingerprint density at radius 1 is 0.319 bits per heavy atom. The second-order valence-electron chi connectivity index (χ2n) is 25.2. The zero-order valence-electron chi connectivity index (χ0n) is 63.0. The lowest BCUT2D eigenvalue weighted by Crippen LogP contribution is -2.25. The molecular weight excluding hydrogens is 1540 g/mol. The Morgan fingerprint density at radius 2 is 0.655 bits per heavy atom. The van der Waals surface area contributed by atoms with E-state index in [1.54, 1.807) is 34.6 Å². The monoisotopic (exact) mass is 1620 g/mol. The highest BCUT2D eigenvalue weighted by Crippen LogP contribution is 2.24. The van der Waals surface area contributed by atoms with Gasteiger partial charge in [0.15, 0.2) is 5.65 Å². The van der Waals surface area contributed by atoms with Crippen LogP contribution in [0.4, 0.5) is 46.5 Å². The van der Waals surface area contributed by atoms with Gasteiger partial charge < -0.3 is 69.5 Å². The third-order valence-electron chi connectivity index (χ3n) is 17.8. The van der Waals surface area contributed by atoms with Crippen LogP contribution in [0.3, 0.4) is 0 Å². The molecule has 0 aliphatic rings. The molecule has 0 radical (unpaired) electrons. The third kappa shape index (κ3) is 19.6. The van der Waals surface area contributed by atoms with Gasteiger partial charge >= 0.3 is 22.8 Å². The number of para-hydroxylation sites is 7. The van der Waals surface area contributed by atoms with E-state index in [1.165, 1.54) is 10.1 Å². The Morgan fingerprint density at radius 3 is 1.14 bits per heavy atom. The highest BCUT2D eigenvalue weighted by atomic mass is 32.1. The highest BCUT2D eigenvalue weighted by Gasteiger charge is 2.12. The summed E-state index contributed by atoms with van der Waals surface area (Å²) in [6, 6.07) is 73.4. The van der Waals surface area contributed by atoms with Crippen molar-refractivity contribution < 1.29 is 0 Å². The van der Waals surface area contributed by atoms with E-state index >= 15 is 0 Å². The van der Waals surface area contributed by atoms with Crippen LogP contribution in [0.1, 0.15) is 25.0 Å². The molecule has 18 N–H and O–H groups in total. The number of rotatable bonds is 6. The molecule has 0 fully saturated rings. The molecule has 0 saturated carbocycles. The maximum Gasteiger partial charge on any atom is 0.350 e. The van der Waals surface area contributed by atoms with Gasteiger partial charge in [-0.3, -0.25) is 13.7 Å². The van der Waals surface area contributed by atoms with Crippen molar-refractivity contribution in [3.8, 4) is 0 Å². The van der Waals surface area contributed by atoms with Crippen LogP contribution >= 0.6 is 48.9 Å². The lowest BCUT2D eigenvalue weighted by Gasteiger charge is -2.12. The fourth-order valence-electron chi connectivity index (χ4n) is 12.1. The molecule has 0 atom stereocenters. The molecule has 0 saturated heterocycles. The second-order valence-corrected chi connectivity index (χ2v) is 26.7. The van der Waals surface area contributed by atoms with E-state index in [0.717, 1.165) is 88.4 Å². The fraction of sp³-hybridized carbons (Fsp3) is 0.0976. The SMILES string of the molecule is CCn1c(=O)nc(N)c2ccccc21.CCn1c(=S)nc(N)c2ccccc21.Cn1c(=O)nc(N)c2ccccc21.Cn1c(=S)nc(N)c2ccccc21.Nc1[nH]c(=S)nc2nccnc12.Nc1nc(=O)[nH]c2ccccc12.Nc1nc(=O)n(Cc2ccccc2)c2ccccc12.Nc1nc(=S)n(Cc2ccccc2)c2ccccc12. The number of nitrogens with zero attached hydrogens (tertiary/aromatic N) is 16. The maximum atomic E-state index is 12.0. The topological polar surface area (TPSA) is 466 Å². The number of anilines is 8. The van der Waals surface area contributed by atoms with Crippen LogP contribution in [0.25, 0.3) is 87.5 Å². The number of hydrogen-bond acceptors (Lipinski definition) is 26. The van der Waals surface area contributed by atoms with Crippen molar-refractivity contribution in [2.75, 3.05) is 45.9 Å². The number of nitrogen functional groups attached to an aromatic ring is 8. The van der Waals surface area contributed by atoms with Gasteiger partial charge in [-0.2, -0.15) is 24.9 Å². The Hall–Kier alpha value is -14.7. The molecule has 18 aromatic rings. The number of hydrogen-bond donors (Lipinski definition) is 10. The molecule has 0 aliphatic heterocycles. The van der Waals surface area contributed by atoms with Crippen LogP contribution in [0.2, 0.25) is 0 Å². The number of benzene rings is 9. The van der Waals surface area contributed by atoms with Gasteiger partial charge in [0.25, 0.3) is 0 Å². The molecule has 0 bridgehead atoms. The number of aromatic nitrogens is 18. The van der Waals surface area contributed by atoms with Gasteiger partial charge in [0.05, 0.1) is 51.7 Å². The van der Waals surface area contributed by atoms with Crippen molar-refractivity contribution in [1.82, 2.24) is 87.2 Å². The smallest absolute Gasteiger partial charge is 0.350 e. The van der Waals surface area contributed by atoms with Crippen LogP contribution in [0, 0.1) is 19.1 Å². The van der Waals surface area contributed by atoms with Gasteiger partial charge in [-0.25, -0.2) is 44.1 Å². The number of nitrogens with two attached hydrogens (primary N) is 8. The van der Waals surface area contributed by atoms with Crippen LogP contribution in [0.5, 0.6) is 0 Å². The molecule has 584 valence electrons. The highest BCUT2D eigenvalue weighted by molar-refractivity contribution is 7.71. The average Bonchev–Trinajstić information content (AvgIpc) is 0.787. The Labute approximate surface area is 680 Å². The predicted octanol–water partition coefficient (Wildman–Crippen LogP) is 12.4. The zero-order chi connectivity index (χ0) is 82.7. The summed E-state index contributed by atoms with van der Waals surface area (Å²) in [5, 5.41) is 6.06. The summed E-state index contributed by atoms with van der Waals surface area (Å²) in [5.74, 6) is 3.05. The average molecular weight is 1620 g/mol. The molecule has 0 amide bonds. The molecule has 9 aromatic carbocycles. The summed E-state index contributed by atoms with van der Waals surface area (Å²) in [6.45, 7) is 6.56. The minimum atomic E-state index is -0.411. The van der Waals surface area contributed by atoms with Crippen molar-refractivity contribution in [3.05, 3.63) is 315 Å². The van der Waals surface area contributed by atoms with Crippen LogP contribution in [-0.2, 0) is 40.3 Å². The third-order valence-corrected chi connectivity index (χ3v) is 19.0. The number of H-pyrrole nitrogens is 2. The molecule has 0 spiro atoms. The van der Waals surface area contributed by atoms with E-state index < -0.39 is 5.69 Å². The summed E-state index contributed by atoms with van der Waals surface area (Å²) in [4.78, 5) is 90.1. The summed E-state index contributed by atoms with van der Waals surface area (Å²) in [7, 11) is 3.56. The van der Waals surface area contributed by atoms with E-state index in [4.69, 9.17) is 94.7 Å². The van der Waals surface area contributed by atoms with Gasteiger partial charge in [0, 0.05) is 77.3 Å². The van der Waals surface area contributed by atoms with Crippen molar-refractivity contribution in [3.63, 3.8) is 0 Å². The Kier molecular flexibility index (Phi) is 26.9. The number of aromatic amines is 2. The predicted molar refractivity (Wildman–Crippen MR) is 474 cm³/mol. The molecule has 0 unspecified atom stereocenters. The molecule has 34 heteroatoms. The largest absolute Gasteiger partial charge is 0.383 e. The van der Waals surface area contributed by atoms with Gasteiger partial charge in [-0.05, 0) is 159 Å². The zero-order valence-corrected chi connectivity index (χ0v) is 66.2. The van der Waals surface area contributed by atoms with Crippen LogP contribution < -0.4 is 68.6 Å². The summed E-state index contributed by atoms with van der Waals surface area (Å²) in [6.07, 6.45) is 3.10. The van der Waals surface area contributed by atoms with E-state index in [1.807, 2.05) is 247 Å². The summed E-state index contributed by atoms with van der Waals surface area (Å²) >= 11 is 20.3. The van der Waals surface area contributed by atoms with Crippen LogP contribution in [-0.4, -0.2) is 87.2 Å². The van der Waals surface area contributed by atoms with Crippen molar-refractivity contribution in [2.45, 2.75) is 40.0 Å². The lowest BCUT2D eigenvalue weighted by atomic mass is 10.2. The molecule has 9 aromatic heterocycles. The first-order valence-electron chi connectivity index (χ1n) is 35.6. The van der Waals surface area contributed by atoms with Gasteiger partial charge in [0.2, 0.25) is 19.1 Å². The Bertz CT molecular complexity index is 6720. The van der Waals surface area contributed by atoms with E-state index in [2.05, 4.69) is 71.9 Å². The molecule has 116 heavy (non-hydrogen) atoms. The summed E-state index contributed by atoms with van der Waals surface area (Å²) in [5.41, 5.74) is 53.8. The first kappa shape index (κ1) is 82.2. The minimum absolute atomic E-state index is 0.273. The lowest BCUT2D eigenvalue weighted by molar-refractivity contribution is 0.733. The van der Waals surface area contributed by atoms with Gasteiger partial charge in [0.1, 0.15) is 52.1 Å². The molecule has 18 rings (SSSR count). The first-order chi connectivity index (χ1) is 55.9. The molecule has 9 heterocycles. The number of nitrogens with one attached hydrogen (secondary N) is 2. The standard InChI is InChI=1S/C15H13N3O.C15H13N3S.C10H11N3O.C10H11N3S.C9H9N3O.C9H9N3S.C8H7N3O.C6H5N5S/c2*16-14-12-8-4-5-9-13(12)18(15(19)17-14)10-11-6-2-1-3-7-11;2*1-2-13-8-6-4-3-5-7(8)9(11)12-10(13)14;2*1-12-7-5-3-2-4-6(7)8(10)11-9(12)13;9-7-5-3-1-2-4-6(5)10-8(12)11-7;7-4-3-5(9-2-1-8-3)11-6(12)10-4/h2*1-9H,10H2,(H2,16,17,19);2*3-6H,2H2,1H3,(H2,11,12,14);2*2-5H,1H3,(H2,10,11,13);1-4H,(H3,9,10,11,12);1-2H,(H3,7,9,10,11,12). The Balaban J connectivity index is 0.000000131. The quantitative estimate of drug-likeness (QED) is 0.0691.